The molecule has 0 N–H and O–H groups in total. The predicted molar refractivity (Wildman–Crippen MR) is 201 cm³/mol. The fourth-order valence-corrected chi connectivity index (χ4v) is 16.8. The lowest BCUT2D eigenvalue weighted by molar-refractivity contribution is 0.0691. The maximum atomic E-state index is 6.30. The number of nitrogens with zero attached hydrogens (tertiary/aromatic N) is 2. The van der Waals surface area contributed by atoms with E-state index in [1.807, 2.05) is 75.3 Å². The molecule has 0 radical (unpaired) electrons. The van der Waals surface area contributed by atoms with E-state index in [4.69, 9.17) is 36.5 Å². The minimum Gasteiger partial charge on any atom is -0.374 e. The summed E-state index contributed by atoms with van der Waals surface area (Å²) in [6.45, 7) is 15.4. The van der Waals surface area contributed by atoms with Gasteiger partial charge < -0.3 is 26.6 Å². The van der Waals surface area contributed by atoms with E-state index in [0.29, 0.717) is 51.7 Å². The lowest BCUT2D eigenvalue weighted by atomic mass is 10.2. The van der Waals surface area contributed by atoms with Crippen LogP contribution in [-0.4, -0.2) is 78.7 Å². The van der Waals surface area contributed by atoms with E-state index in [0.717, 1.165) is 32.6 Å². The van der Waals surface area contributed by atoms with Crippen molar-refractivity contribution < 1.29 is 26.6 Å². The highest BCUT2D eigenvalue weighted by molar-refractivity contribution is 8.76. The lowest BCUT2D eigenvalue weighted by Gasteiger charge is -2.31. The average molecular weight is 741 g/mol. The van der Waals surface area contributed by atoms with Gasteiger partial charge in [-0.15, -0.1) is 22.7 Å². The molecule has 2 heterocycles. The zero-order valence-corrected chi connectivity index (χ0v) is 33.1. The highest BCUT2D eigenvalue weighted by atomic mass is 33.1. The predicted octanol–water partition coefficient (Wildman–Crippen LogP) is 9.25. The van der Waals surface area contributed by atoms with Crippen molar-refractivity contribution >= 4 is 82.3 Å². The normalized spacial score (nSPS) is 14.0. The third-order valence-corrected chi connectivity index (χ3v) is 18.4. The number of rotatable bonds is 23. The topological polar surface area (TPSA) is 81.2 Å². The summed E-state index contributed by atoms with van der Waals surface area (Å²) in [5, 5.41) is 2.20. The molecule has 2 aromatic carbocycles. The first-order valence-electron chi connectivity index (χ1n) is 16.2. The Morgan fingerprint density at radius 1 is 0.543 bits per heavy atom. The minimum absolute atomic E-state index is 0.121. The number of aromatic nitrogens is 2. The molecule has 0 bridgehead atoms. The third kappa shape index (κ3) is 10.3. The van der Waals surface area contributed by atoms with Gasteiger partial charge in [0.15, 0.2) is 0 Å². The minimum atomic E-state index is -2.91. The molecule has 0 fully saturated rings. The molecule has 4 aromatic rings. The van der Waals surface area contributed by atoms with Gasteiger partial charge in [-0.05, 0) is 65.8 Å². The fraction of sp³-hybridized carbons (Fsp3) is 0.562. The molecule has 2 unspecified atom stereocenters. The molecular formula is C32H48N2O6S4Si2. The number of fused-ring (bicyclic) bond motifs is 2. The number of para-hydroxylation sites is 2. The van der Waals surface area contributed by atoms with Gasteiger partial charge in [-0.2, -0.15) is 0 Å². The van der Waals surface area contributed by atoms with Gasteiger partial charge in [-0.1, -0.05) is 45.9 Å². The molecule has 2 aromatic heterocycles. The van der Waals surface area contributed by atoms with Crippen molar-refractivity contribution in [3.05, 3.63) is 58.5 Å². The molecule has 0 aliphatic rings. The molecule has 0 amide bonds. The second-order valence-corrected chi connectivity index (χ2v) is 20.3. The number of hydrogen-bond acceptors (Lipinski definition) is 12. The van der Waals surface area contributed by atoms with Crippen molar-refractivity contribution in [1.82, 2.24) is 9.97 Å². The van der Waals surface area contributed by atoms with Crippen molar-refractivity contribution in [2.24, 2.45) is 0 Å². The van der Waals surface area contributed by atoms with E-state index in [1.54, 1.807) is 22.7 Å². The van der Waals surface area contributed by atoms with Crippen LogP contribution in [0.3, 0.4) is 0 Å². The van der Waals surface area contributed by atoms with Crippen LogP contribution in [0.25, 0.3) is 20.4 Å². The van der Waals surface area contributed by atoms with Crippen LogP contribution in [0.5, 0.6) is 0 Å². The van der Waals surface area contributed by atoms with Crippen molar-refractivity contribution in [3.63, 3.8) is 0 Å². The zero-order chi connectivity index (χ0) is 32.8. The summed E-state index contributed by atoms with van der Waals surface area (Å²) in [6.07, 6.45) is 0. The Labute approximate surface area is 292 Å². The van der Waals surface area contributed by atoms with E-state index in [9.17, 15) is 0 Å². The van der Waals surface area contributed by atoms with Crippen LogP contribution >= 0.6 is 44.3 Å². The van der Waals surface area contributed by atoms with E-state index < -0.39 is 17.6 Å². The number of hydrogen-bond donors (Lipinski definition) is 0. The van der Waals surface area contributed by atoms with Gasteiger partial charge in [0.2, 0.25) is 0 Å². The van der Waals surface area contributed by atoms with Crippen LogP contribution in [-0.2, 0) is 26.6 Å². The Balaban J connectivity index is 1.57. The Morgan fingerprint density at radius 2 is 0.870 bits per heavy atom. The van der Waals surface area contributed by atoms with E-state index in [1.165, 1.54) is 9.40 Å². The van der Waals surface area contributed by atoms with Crippen molar-refractivity contribution in [1.29, 1.82) is 0 Å². The van der Waals surface area contributed by atoms with Crippen molar-refractivity contribution in [2.75, 3.05) is 51.1 Å². The molecule has 0 spiro atoms. The van der Waals surface area contributed by atoms with Crippen LogP contribution in [0.1, 0.15) is 63.4 Å². The molecule has 4 rings (SSSR count). The van der Waals surface area contributed by atoms with Gasteiger partial charge in [0, 0.05) is 75.1 Å². The van der Waals surface area contributed by atoms with Crippen molar-refractivity contribution in [2.45, 2.75) is 65.5 Å². The van der Waals surface area contributed by atoms with Crippen LogP contribution in [0.4, 0.5) is 0 Å². The summed E-state index contributed by atoms with van der Waals surface area (Å²) in [6, 6.07) is 18.1. The lowest BCUT2D eigenvalue weighted by Crippen LogP contribution is -2.47. The smallest absolute Gasteiger partial charge is 0.374 e. The van der Waals surface area contributed by atoms with E-state index in [2.05, 4.69) is 36.4 Å². The summed E-state index contributed by atoms with van der Waals surface area (Å²) in [4.78, 5) is 10.1. The Bertz CT molecular complexity index is 1250. The van der Waals surface area contributed by atoms with E-state index >= 15 is 0 Å². The Morgan fingerprint density at radius 3 is 1.17 bits per heavy atom. The molecule has 14 heteroatoms. The average Bonchev–Trinajstić information content (AvgIpc) is 3.68. The summed E-state index contributed by atoms with van der Waals surface area (Å²) in [5.74, 6) is 1.94. The van der Waals surface area contributed by atoms with Gasteiger partial charge in [0.1, 0.15) is 0 Å². The molecule has 0 aliphatic heterocycles. The quantitative estimate of drug-likeness (QED) is 0.0417. The monoisotopic (exact) mass is 740 g/mol. The number of benzene rings is 2. The first-order chi connectivity index (χ1) is 22.4. The third-order valence-electron chi connectivity index (χ3n) is 7.12. The molecule has 254 valence electrons. The van der Waals surface area contributed by atoms with Crippen LogP contribution in [0.2, 0.25) is 12.1 Å². The van der Waals surface area contributed by atoms with Gasteiger partial charge in [0.25, 0.3) is 0 Å². The number of thiazole rings is 2. The molecule has 0 saturated heterocycles. The van der Waals surface area contributed by atoms with Crippen LogP contribution in [0, 0.1) is 0 Å². The van der Waals surface area contributed by atoms with E-state index in [-0.39, 0.29) is 11.8 Å². The summed E-state index contributed by atoms with van der Waals surface area (Å²) in [5.41, 5.74) is 2.06. The largest absolute Gasteiger partial charge is 0.501 e. The zero-order valence-electron chi connectivity index (χ0n) is 27.8. The molecule has 8 nitrogen and oxygen atoms in total. The Hall–Kier alpha value is -0.886. The maximum absolute atomic E-state index is 6.30. The summed E-state index contributed by atoms with van der Waals surface area (Å²) in [7, 11) is -2.09. The second-order valence-electron chi connectivity index (χ2n) is 10.4. The van der Waals surface area contributed by atoms with Crippen LogP contribution in [0.15, 0.2) is 48.5 Å². The second kappa shape index (κ2) is 19.3. The molecule has 0 aliphatic carbocycles. The first-order valence-corrected chi connectivity index (χ1v) is 24.2. The Kier molecular flexibility index (Phi) is 15.9. The molecular weight excluding hydrogens is 693 g/mol. The van der Waals surface area contributed by atoms with Crippen molar-refractivity contribution in [3.8, 4) is 0 Å². The fourth-order valence-electron chi connectivity index (χ4n) is 5.35. The molecule has 46 heavy (non-hydrogen) atoms. The van der Waals surface area contributed by atoms with Gasteiger partial charge in [-0.25, -0.2) is 9.97 Å². The molecule has 2 atom stereocenters. The maximum Gasteiger partial charge on any atom is 0.501 e. The summed E-state index contributed by atoms with van der Waals surface area (Å²) >= 11 is 3.52. The van der Waals surface area contributed by atoms with Gasteiger partial charge in [0.05, 0.1) is 30.4 Å². The molecule has 0 saturated carbocycles. The standard InChI is InChI=1S/C32H48N2O6S4Si2/c1-7-35-45(36-8-2,37-9-3)23-25(31-33-27-17-13-15-19-29(27)43-31)21-41-42-22-26(24-46(38-10-4,39-11-5)40-12-6)32-34-28-18-14-16-20-30(28)44-32/h13-20,25-26H,7-12,21-24H2,1-6H3. The summed E-state index contributed by atoms with van der Waals surface area (Å²) < 4.78 is 40.2. The van der Waals surface area contributed by atoms with Gasteiger partial charge in [-0.3, -0.25) is 0 Å². The highest BCUT2D eigenvalue weighted by Crippen LogP contribution is 2.42. The highest BCUT2D eigenvalue weighted by Gasteiger charge is 2.45. The van der Waals surface area contributed by atoms with Gasteiger partial charge >= 0.3 is 17.6 Å². The van der Waals surface area contributed by atoms with Crippen LogP contribution < -0.4 is 0 Å². The SMILES string of the molecule is CCO[Si](CC(CSSCC(C[Si](OCC)(OCC)OCC)c1nc2ccccc2s1)c1nc2ccccc2s1)(OCC)OCC. The first kappa shape index (κ1) is 37.9.